The van der Waals surface area contributed by atoms with E-state index in [1.807, 2.05) is 0 Å². The van der Waals surface area contributed by atoms with Gasteiger partial charge in [0.25, 0.3) is 0 Å². The van der Waals surface area contributed by atoms with Crippen molar-refractivity contribution in [2.24, 2.45) is 27.9 Å². The van der Waals surface area contributed by atoms with Gasteiger partial charge in [0, 0.05) is 6.54 Å². The van der Waals surface area contributed by atoms with Crippen molar-refractivity contribution in [2.75, 3.05) is 13.1 Å². The predicted octanol–water partition coefficient (Wildman–Crippen LogP) is -3.64. The first-order valence-electron chi connectivity index (χ1n) is 10.9. The van der Waals surface area contributed by atoms with Gasteiger partial charge >= 0.3 is 5.97 Å². The molecule has 0 radical (unpaired) electrons. The number of carbonyl (C=O) groups is 5. The van der Waals surface area contributed by atoms with Crippen LogP contribution in [0.3, 0.4) is 0 Å². The number of amides is 4. The Labute approximate surface area is 206 Å². The van der Waals surface area contributed by atoms with Crippen LogP contribution >= 0.6 is 0 Å². The molecule has 198 valence electrons. The van der Waals surface area contributed by atoms with Crippen LogP contribution in [0.1, 0.15) is 24.8 Å². The van der Waals surface area contributed by atoms with Crippen LogP contribution in [0.4, 0.5) is 0 Å². The zero-order valence-corrected chi connectivity index (χ0v) is 19.5. The molecule has 0 spiro atoms. The highest BCUT2D eigenvalue weighted by molar-refractivity contribution is 5.95. The molecule has 13 N–H and O–H groups in total. The van der Waals surface area contributed by atoms with Crippen molar-refractivity contribution in [3.63, 3.8) is 0 Å². The molecule has 4 amide bonds. The van der Waals surface area contributed by atoms with E-state index in [9.17, 15) is 29.1 Å². The first-order chi connectivity index (χ1) is 16.9. The van der Waals surface area contributed by atoms with Gasteiger partial charge < -0.3 is 49.1 Å². The summed E-state index contributed by atoms with van der Waals surface area (Å²) in [6.45, 7) is -0.554. The van der Waals surface area contributed by atoms with Crippen molar-refractivity contribution < 1.29 is 34.2 Å². The van der Waals surface area contributed by atoms with Gasteiger partial charge in [0.2, 0.25) is 23.6 Å². The Morgan fingerprint density at radius 1 is 0.917 bits per heavy atom. The van der Waals surface area contributed by atoms with E-state index in [4.69, 9.17) is 28.0 Å². The minimum atomic E-state index is -1.45. The van der Waals surface area contributed by atoms with Crippen LogP contribution in [0.15, 0.2) is 29.3 Å². The van der Waals surface area contributed by atoms with Gasteiger partial charge in [0.15, 0.2) is 5.96 Å². The smallest absolute Gasteiger partial charge is 0.322 e. The predicted molar refractivity (Wildman–Crippen MR) is 128 cm³/mol. The second kappa shape index (κ2) is 14.8. The molecule has 0 fully saturated rings. The molecule has 0 bridgehead atoms. The molecule has 36 heavy (non-hydrogen) atoms. The van der Waals surface area contributed by atoms with Crippen LogP contribution in [0.5, 0.6) is 5.75 Å². The molecule has 15 heteroatoms. The normalized spacial score (nSPS) is 12.9. The van der Waals surface area contributed by atoms with E-state index in [1.165, 1.54) is 12.1 Å². The maximum Gasteiger partial charge on any atom is 0.322 e. The summed E-state index contributed by atoms with van der Waals surface area (Å²) in [5.41, 5.74) is 22.3. The van der Waals surface area contributed by atoms with Crippen molar-refractivity contribution in [1.29, 1.82) is 0 Å². The lowest BCUT2D eigenvalue weighted by Crippen LogP contribution is -2.57. The van der Waals surface area contributed by atoms with Crippen molar-refractivity contribution in [3.8, 4) is 5.75 Å². The molecule has 0 saturated heterocycles. The molecule has 1 aromatic carbocycles. The van der Waals surface area contributed by atoms with Crippen LogP contribution in [-0.2, 0) is 30.4 Å². The number of carbonyl (C=O) groups excluding carboxylic acids is 4. The molecular formula is C21H32N8O7. The molecule has 0 unspecified atom stereocenters. The third-order valence-corrected chi connectivity index (χ3v) is 4.76. The number of primary amides is 1. The Balaban J connectivity index is 2.90. The number of carboxylic acids is 1. The van der Waals surface area contributed by atoms with Gasteiger partial charge in [-0.05, 0) is 37.0 Å². The van der Waals surface area contributed by atoms with Gasteiger partial charge in [-0.2, -0.15) is 0 Å². The van der Waals surface area contributed by atoms with E-state index >= 15 is 0 Å². The Morgan fingerprint density at radius 3 is 2.08 bits per heavy atom. The topological polar surface area (TPSA) is 278 Å². The summed E-state index contributed by atoms with van der Waals surface area (Å²) in [6.07, 6.45) is -0.248. The molecule has 15 nitrogen and oxygen atoms in total. The van der Waals surface area contributed by atoms with Crippen LogP contribution in [-0.4, -0.2) is 77.0 Å². The average molecular weight is 509 g/mol. The number of nitrogens with one attached hydrogen (secondary N) is 3. The molecule has 0 saturated carbocycles. The van der Waals surface area contributed by atoms with E-state index in [2.05, 4.69) is 20.9 Å². The minimum Gasteiger partial charge on any atom is -0.508 e. The lowest BCUT2D eigenvalue weighted by Gasteiger charge is -2.23. The van der Waals surface area contributed by atoms with E-state index in [1.54, 1.807) is 12.1 Å². The van der Waals surface area contributed by atoms with Crippen LogP contribution in [0.2, 0.25) is 0 Å². The van der Waals surface area contributed by atoms with Crippen molar-refractivity contribution in [3.05, 3.63) is 29.8 Å². The third kappa shape index (κ3) is 11.6. The maximum absolute atomic E-state index is 12.9. The zero-order chi connectivity index (χ0) is 27.3. The Kier molecular flexibility index (Phi) is 12.2. The van der Waals surface area contributed by atoms with Gasteiger partial charge in [0.1, 0.15) is 24.4 Å². The lowest BCUT2D eigenvalue weighted by atomic mass is 10.0. The Hall–Kier alpha value is -4.40. The van der Waals surface area contributed by atoms with Crippen LogP contribution < -0.4 is 38.9 Å². The number of aromatic hydroxyl groups is 1. The van der Waals surface area contributed by atoms with E-state index in [-0.39, 0.29) is 37.5 Å². The molecule has 0 aliphatic heterocycles. The fourth-order valence-electron chi connectivity index (χ4n) is 3.00. The van der Waals surface area contributed by atoms with E-state index < -0.39 is 60.7 Å². The molecule has 0 aliphatic carbocycles. The number of guanidine groups is 1. The highest BCUT2D eigenvalue weighted by Crippen LogP contribution is 2.11. The summed E-state index contributed by atoms with van der Waals surface area (Å²) in [7, 11) is 0. The summed E-state index contributed by atoms with van der Waals surface area (Å²) < 4.78 is 0. The standard InChI is InChI=1S/C21H32N8O7/c22-13(8-11-3-5-12(30)6-4-11)18(34)29-15(9-16(23)31)20(36)28-14(2-1-7-26-21(24)25)19(35)27-10-17(32)33/h3-6,13-15,30H,1-2,7-10,22H2,(H2,23,31)(H,27,35)(H,28,36)(H,29,34)(H,32,33)(H4,24,25,26)/t13-,14-,15-/m0/s1. The molecule has 0 heterocycles. The SMILES string of the molecule is NC(=O)C[C@H](NC(=O)[C@@H](N)Cc1ccc(O)cc1)C(=O)N[C@@H](CCCN=C(N)N)C(=O)NCC(=O)O. The number of benzene rings is 1. The number of hydrogen-bond donors (Lipinski definition) is 9. The third-order valence-electron chi connectivity index (χ3n) is 4.76. The van der Waals surface area contributed by atoms with Crippen LogP contribution in [0.25, 0.3) is 0 Å². The largest absolute Gasteiger partial charge is 0.508 e. The van der Waals surface area contributed by atoms with Crippen molar-refractivity contribution in [1.82, 2.24) is 16.0 Å². The van der Waals surface area contributed by atoms with Gasteiger partial charge in [-0.3, -0.25) is 29.0 Å². The first-order valence-corrected chi connectivity index (χ1v) is 10.9. The average Bonchev–Trinajstić information content (AvgIpc) is 2.79. The van der Waals surface area contributed by atoms with Gasteiger partial charge in [-0.1, -0.05) is 12.1 Å². The van der Waals surface area contributed by atoms with E-state index in [0.717, 1.165) is 0 Å². The van der Waals surface area contributed by atoms with Gasteiger partial charge in [0.05, 0.1) is 12.5 Å². The maximum atomic E-state index is 12.9. The number of nitrogens with zero attached hydrogens (tertiary/aromatic N) is 1. The zero-order valence-electron chi connectivity index (χ0n) is 19.5. The number of aliphatic imine (C=N–C) groups is 1. The molecule has 3 atom stereocenters. The molecule has 0 aliphatic rings. The Bertz CT molecular complexity index is 964. The summed E-state index contributed by atoms with van der Waals surface area (Å²) in [5.74, 6) is -4.80. The number of hydrogen-bond acceptors (Lipinski definition) is 8. The number of rotatable bonds is 15. The molecule has 1 aromatic rings. The first kappa shape index (κ1) is 29.6. The van der Waals surface area contributed by atoms with Crippen molar-refractivity contribution >= 4 is 35.6 Å². The summed E-state index contributed by atoms with van der Waals surface area (Å²) in [6, 6.07) is 2.21. The molecule has 1 rings (SSSR count). The molecular weight excluding hydrogens is 476 g/mol. The number of aliphatic carboxylic acids is 1. The highest BCUT2D eigenvalue weighted by atomic mass is 16.4. The molecule has 0 aromatic heterocycles. The van der Waals surface area contributed by atoms with Crippen molar-refractivity contribution in [2.45, 2.75) is 43.8 Å². The summed E-state index contributed by atoms with van der Waals surface area (Å²) in [4.78, 5) is 63.9. The second-order valence-corrected chi connectivity index (χ2v) is 7.83. The second-order valence-electron chi connectivity index (χ2n) is 7.83. The summed E-state index contributed by atoms with van der Waals surface area (Å²) >= 11 is 0. The number of phenolic OH excluding ortho intramolecular Hbond substituents is 1. The van der Waals surface area contributed by atoms with Gasteiger partial charge in [-0.15, -0.1) is 0 Å². The number of nitrogens with two attached hydrogens (primary N) is 4. The fourth-order valence-corrected chi connectivity index (χ4v) is 3.00. The number of phenols is 1. The highest BCUT2D eigenvalue weighted by Gasteiger charge is 2.29. The quantitative estimate of drug-likeness (QED) is 0.0636. The fraction of sp³-hybridized carbons (Fsp3) is 0.429. The minimum absolute atomic E-state index is 0.0194. The summed E-state index contributed by atoms with van der Waals surface area (Å²) in [5, 5.41) is 25.0. The van der Waals surface area contributed by atoms with E-state index in [0.29, 0.717) is 5.56 Å². The monoisotopic (exact) mass is 508 g/mol. The lowest BCUT2D eigenvalue weighted by molar-refractivity contribution is -0.138. The van der Waals surface area contributed by atoms with Crippen LogP contribution in [0, 0.1) is 0 Å². The van der Waals surface area contributed by atoms with Gasteiger partial charge in [-0.25, -0.2) is 0 Å². The number of carboxylic acid groups (broad SMARTS) is 1. The Morgan fingerprint density at radius 2 is 1.53 bits per heavy atom.